The summed E-state index contributed by atoms with van der Waals surface area (Å²) in [5.74, 6) is -1.09. The predicted octanol–water partition coefficient (Wildman–Crippen LogP) is 2.38. The van der Waals surface area contributed by atoms with Crippen LogP contribution in [0.1, 0.15) is 36.3 Å². The minimum atomic E-state index is -0.786. The lowest BCUT2D eigenvalue weighted by Gasteiger charge is -2.41. The first-order valence-electron chi connectivity index (χ1n) is 6.87. The molecule has 1 N–H and O–H groups in total. The van der Waals surface area contributed by atoms with Crippen molar-refractivity contribution < 1.29 is 14.7 Å². The highest BCUT2D eigenvalue weighted by Gasteiger charge is 2.39. The van der Waals surface area contributed by atoms with Gasteiger partial charge in [0.1, 0.15) is 5.69 Å². The van der Waals surface area contributed by atoms with E-state index in [1.165, 1.54) is 0 Å². The second kappa shape index (κ2) is 4.91. The molecule has 3 rings (SSSR count). The highest BCUT2D eigenvalue weighted by Crippen LogP contribution is 2.38. The summed E-state index contributed by atoms with van der Waals surface area (Å²) in [4.78, 5) is 25.1. The topological polar surface area (TPSA) is 62.5 Å². The Balaban J connectivity index is 1.68. The molecule has 6 heteroatoms. The van der Waals surface area contributed by atoms with Crippen molar-refractivity contribution in [1.82, 2.24) is 9.47 Å². The molecule has 1 saturated heterocycles. The van der Waals surface area contributed by atoms with Crippen LogP contribution in [0.15, 0.2) is 16.7 Å². The van der Waals surface area contributed by atoms with Crippen LogP contribution in [-0.2, 0) is 4.79 Å². The van der Waals surface area contributed by atoms with Gasteiger partial charge in [0, 0.05) is 35.7 Å². The predicted molar refractivity (Wildman–Crippen MR) is 76.6 cm³/mol. The van der Waals surface area contributed by atoms with E-state index in [0.29, 0.717) is 24.8 Å². The van der Waals surface area contributed by atoms with Crippen LogP contribution in [0.5, 0.6) is 0 Å². The lowest BCUT2D eigenvalue weighted by Crippen LogP contribution is -2.53. The normalized spacial score (nSPS) is 20.6. The maximum absolute atomic E-state index is 12.5. The zero-order valence-electron chi connectivity index (χ0n) is 11.3. The molecule has 108 valence electrons. The largest absolute Gasteiger partial charge is 0.481 e. The molecule has 20 heavy (non-hydrogen) atoms. The van der Waals surface area contributed by atoms with Crippen molar-refractivity contribution in [2.24, 2.45) is 11.8 Å². The average Bonchev–Trinajstić information content (AvgIpc) is 3.10. The lowest BCUT2D eigenvalue weighted by molar-refractivity contribution is -0.144. The average molecular weight is 341 g/mol. The molecule has 1 aromatic rings. The highest BCUT2D eigenvalue weighted by molar-refractivity contribution is 9.10. The van der Waals surface area contributed by atoms with Crippen LogP contribution in [0.4, 0.5) is 0 Å². The number of carboxylic acid groups (broad SMARTS) is 1. The third-order valence-electron chi connectivity index (χ3n) is 4.27. The van der Waals surface area contributed by atoms with Gasteiger partial charge in [0.05, 0.1) is 5.92 Å². The summed E-state index contributed by atoms with van der Waals surface area (Å²) in [6.07, 6.45) is 4.21. The number of halogens is 1. The summed E-state index contributed by atoms with van der Waals surface area (Å²) in [5.41, 5.74) is 0.709. The van der Waals surface area contributed by atoms with Gasteiger partial charge in [0.15, 0.2) is 0 Å². The molecule has 1 aliphatic heterocycles. The minimum absolute atomic E-state index is 0.0106. The molecule has 1 unspecified atom stereocenters. The van der Waals surface area contributed by atoms with Crippen molar-refractivity contribution in [3.8, 4) is 0 Å². The Morgan fingerprint density at radius 1 is 1.40 bits per heavy atom. The second-order valence-electron chi connectivity index (χ2n) is 5.78. The van der Waals surface area contributed by atoms with E-state index in [-0.39, 0.29) is 17.7 Å². The summed E-state index contributed by atoms with van der Waals surface area (Å²) in [7, 11) is 0. The number of carbonyl (C=O) groups is 2. The van der Waals surface area contributed by atoms with Crippen molar-refractivity contribution in [2.45, 2.75) is 25.8 Å². The van der Waals surface area contributed by atoms with E-state index in [2.05, 4.69) is 15.9 Å². The van der Waals surface area contributed by atoms with Gasteiger partial charge in [-0.3, -0.25) is 9.59 Å². The molecule has 1 amide bonds. The monoisotopic (exact) mass is 340 g/mol. The van der Waals surface area contributed by atoms with Crippen LogP contribution in [-0.4, -0.2) is 39.5 Å². The van der Waals surface area contributed by atoms with E-state index in [9.17, 15) is 9.59 Å². The second-order valence-corrected chi connectivity index (χ2v) is 6.69. The van der Waals surface area contributed by atoms with E-state index in [0.717, 1.165) is 17.3 Å². The summed E-state index contributed by atoms with van der Waals surface area (Å²) >= 11 is 3.42. The van der Waals surface area contributed by atoms with E-state index in [1.807, 2.05) is 16.8 Å². The number of carbonyl (C=O) groups excluding carboxylic acids is 1. The van der Waals surface area contributed by atoms with Gasteiger partial charge in [-0.05, 0) is 34.8 Å². The number of aliphatic carboxylic acids is 1. The highest BCUT2D eigenvalue weighted by atomic mass is 79.9. The maximum atomic E-state index is 12.5. The summed E-state index contributed by atoms with van der Waals surface area (Å²) in [6.45, 7) is 2.79. The molecule has 0 bridgehead atoms. The lowest BCUT2D eigenvalue weighted by atomic mass is 9.87. The molecule has 0 spiro atoms. The maximum Gasteiger partial charge on any atom is 0.306 e. The number of aromatic nitrogens is 1. The number of hydrogen-bond donors (Lipinski definition) is 1. The molecule has 0 aromatic carbocycles. The van der Waals surface area contributed by atoms with Gasteiger partial charge in [-0.15, -0.1) is 0 Å². The van der Waals surface area contributed by atoms with E-state index in [4.69, 9.17) is 5.11 Å². The van der Waals surface area contributed by atoms with E-state index < -0.39 is 5.97 Å². The van der Waals surface area contributed by atoms with Crippen molar-refractivity contribution in [2.75, 3.05) is 13.1 Å². The first kappa shape index (κ1) is 13.7. The Bertz CT molecular complexity index is 559. The third kappa shape index (κ3) is 2.37. The van der Waals surface area contributed by atoms with Gasteiger partial charge in [-0.2, -0.15) is 0 Å². The van der Waals surface area contributed by atoms with Crippen LogP contribution in [0.25, 0.3) is 0 Å². The Morgan fingerprint density at radius 2 is 2.05 bits per heavy atom. The van der Waals surface area contributed by atoms with Crippen LogP contribution in [0.3, 0.4) is 0 Å². The van der Waals surface area contributed by atoms with Crippen molar-refractivity contribution in [3.05, 3.63) is 22.4 Å². The van der Waals surface area contributed by atoms with Gasteiger partial charge in [-0.25, -0.2) is 0 Å². The molecular formula is C14H17BrN2O3. The molecular weight excluding hydrogens is 324 g/mol. The van der Waals surface area contributed by atoms with Gasteiger partial charge in [-0.1, -0.05) is 6.92 Å². The number of amides is 1. The number of carboxylic acids is 1. The van der Waals surface area contributed by atoms with Crippen LogP contribution < -0.4 is 0 Å². The SMILES string of the molecule is CC(C(=O)O)C1CN(C(=O)c2cc(Br)cn2C2CC2)C1. The molecule has 1 atom stereocenters. The zero-order chi connectivity index (χ0) is 14.4. The van der Waals surface area contributed by atoms with Crippen molar-refractivity contribution in [3.63, 3.8) is 0 Å². The summed E-state index contributed by atoms with van der Waals surface area (Å²) in [5, 5.41) is 8.97. The molecule has 1 aliphatic carbocycles. The Labute approximate surface area is 125 Å². The molecule has 2 heterocycles. The molecule has 0 radical (unpaired) electrons. The van der Waals surface area contributed by atoms with Crippen molar-refractivity contribution in [1.29, 1.82) is 0 Å². The fourth-order valence-electron chi connectivity index (χ4n) is 2.63. The minimum Gasteiger partial charge on any atom is -0.481 e. The Kier molecular flexibility index (Phi) is 3.36. The van der Waals surface area contributed by atoms with Gasteiger partial charge in [0.25, 0.3) is 5.91 Å². The quantitative estimate of drug-likeness (QED) is 0.915. The van der Waals surface area contributed by atoms with Crippen molar-refractivity contribution >= 4 is 27.8 Å². The summed E-state index contributed by atoms with van der Waals surface area (Å²) in [6, 6.07) is 2.31. The standard InChI is InChI=1S/C14H17BrN2O3/c1-8(14(19)20)9-5-16(6-9)13(18)12-4-10(15)7-17(12)11-2-3-11/h4,7-9,11H,2-3,5-6H2,1H3,(H,19,20). The van der Waals surface area contributed by atoms with Gasteiger partial charge >= 0.3 is 5.97 Å². The Morgan fingerprint density at radius 3 is 2.60 bits per heavy atom. The number of likely N-dealkylation sites (tertiary alicyclic amines) is 1. The van der Waals surface area contributed by atoms with Gasteiger partial charge < -0.3 is 14.6 Å². The zero-order valence-corrected chi connectivity index (χ0v) is 12.8. The first-order valence-corrected chi connectivity index (χ1v) is 7.66. The fourth-order valence-corrected chi connectivity index (χ4v) is 3.07. The molecule has 1 aromatic heterocycles. The van der Waals surface area contributed by atoms with Crippen LogP contribution >= 0.6 is 15.9 Å². The van der Waals surface area contributed by atoms with Crippen LogP contribution in [0.2, 0.25) is 0 Å². The molecule has 5 nitrogen and oxygen atoms in total. The molecule has 1 saturated carbocycles. The first-order chi connectivity index (χ1) is 9.47. The van der Waals surface area contributed by atoms with E-state index >= 15 is 0 Å². The third-order valence-corrected chi connectivity index (χ3v) is 4.70. The van der Waals surface area contributed by atoms with Gasteiger partial charge in [0.2, 0.25) is 0 Å². The number of hydrogen-bond acceptors (Lipinski definition) is 2. The Hall–Kier alpha value is -1.30. The molecule has 2 fully saturated rings. The fraction of sp³-hybridized carbons (Fsp3) is 0.571. The number of nitrogens with zero attached hydrogens (tertiary/aromatic N) is 2. The van der Waals surface area contributed by atoms with Crippen LogP contribution in [0, 0.1) is 11.8 Å². The smallest absolute Gasteiger partial charge is 0.306 e. The summed E-state index contributed by atoms with van der Waals surface area (Å²) < 4.78 is 2.96. The van der Waals surface area contributed by atoms with E-state index in [1.54, 1.807) is 11.8 Å². The molecule has 2 aliphatic rings. The number of rotatable bonds is 4.